The zero-order valence-electron chi connectivity index (χ0n) is 24.1. The maximum absolute atomic E-state index is 12.7. The van der Waals surface area contributed by atoms with E-state index < -0.39 is 10.0 Å². The Kier molecular flexibility index (Phi) is 13.2. The topological polar surface area (TPSA) is 89.0 Å². The fourth-order valence-electron chi connectivity index (χ4n) is 3.80. The summed E-state index contributed by atoms with van der Waals surface area (Å²) in [6.45, 7) is 7.54. The third kappa shape index (κ3) is 8.63. The van der Waals surface area contributed by atoms with Crippen LogP contribution in [0.4, 0.5) is 0 Å². The number of carbonyl (C=O) groups is 2. The van der Waals surface area contributed by atoms with Crippen molar-refractivity contribution in [3.05, 3.63) is 90.8 Å². The molecule has 0 aliphatic rings. The molecule has 0 aliphatic heterocycles. The largest absolute Gasteiger partial charge is 0.352 e. The number of hydrogen-bond acceptors (Lipinski definition) is 6. The molecule has 9 heteroatoms. The van der Waals surface area contributed by atoms with E-state index in [1.54, 1.807) is 60.1 Å². The molecule has 0 amide bonds. The van der Waals surface area contributed by atoms with Crippen LogP contribution in [0.15, 0.2) is 99.7 Å². The molecule has 2 aromatic heterocycles. The van der Waals surface area contributed by atoms with Crippen molar-refractivity contribution in [1.82, 2.24) is 8.96 Å². The number of thioether (sulfide) groups is 2. The number of fused-ring (bicyclic) bond motifs is 2. The van der Waals surface area contributed by atoms with Gasteiger partial charge in [-0.1, -0.05) is 65.5 Å². The third-order valence-corrected chi connectivity index (χ3v) is 9.21. The summed E-state index contributed by atoms with van der Waals surface area (Å²) in [6.07, 6.45) is 6.54. The lowest BCUT2D eigenvalue weighted by atomic mass is 10.1. The Morgan fingerprint density at radius 2 is 1.40 bits per heavy atom. The monoisotopic (exact) mass is 624 g/mol. The summed E-state index contributed by atoms with van der Waals surface area (Å²) in [4.78, 5) is 27.1. The Labute approximate surface area is 258 Å². The van der Waals surface area contributed by atoms with E-state index in [0.29, 0.717) is 16.1 Å². The summed E-state index contributed by atoms with van der Waals surface area (Å²) in [6, 6.07) is 24.3. The van der Waals surface area contributed by atoms with Gasteiger partial charge in [-0.2, -0.15) is 0 Å². The molecule has 0 aliphatic carbocycles. The van der Waals surface area contributed by atoms with E-state index in [4.69, 9.17) is 0 Å². The van der Waals surface area contributed by atoms with Gasteiger partial charge in [-0.3, -0.25) is 4.79 Å². The van der Waals surface area contributed by atoms with Crippen molar-refractivity contribution in [1.29, 1.82) is 0 Å². The van der Waals surface area contributed by atoms with E-state index in [1.807, 2.05) is 70.5 Å². The number of aldehydes is 1. The quantitative estimate of drug-likeness (QED) is 0.111. The first-order chi connectivity index (χ1) is 19.5. The van der Waals surface area contributed by atoms with Crippen molar-refractivity contribution < 1.29 is 18.0 Å². The summed E-state index contributed by atoms with van der Waals surface area (Å²) in [7, 11) is -3.54. The van der Waals surface area contributed by atoms with Gasteiger partial charge in [0.25, 0.3) is 10.0 Å². The summed E-state index contributed by atoms with van der Waals surface area (Å²) >= 11 is 3.30. The zero-order chi connectivity index (χ0) is 30.2. The molecule has 0 radical (unpaired) electrons. The molecule has 0 saturated carbocycles. The molecule has 0 fully saturated rings. The van der Waals surface area contributed by atoms with Crippen LogP contribution >= 0.6 is 23.5 Å². The Balaban J connectivity index is 0.000000253. The first-order valence-electron chi connectivity index (χ1n) is 13.1. The highest BCUT2D eigenvalue weighted by Crippen LogP contribution is 2.26. The van der Waals surface area contributed by atoms with Gasteiger partial charge in [-0.15, -0.1) is 23.5 Å². The summed E-state index contributed by atoms with van der Waals surface area (Å²) < 4.78 is 26.7. The number of aromatic amines is 1. The molecule has 6 nitrogen and oxygen atoms in total. The minimum atomic E-state index is -3.54. The van der Waals surface area contributed by atoms with Crippen LogP contribution in [0.5, 0.6) is 0 Å². The summed E-state index contributed by atoms with van der Waals surface area (Å²) in [5.74, 6) is 0.407. The van der Waals surface area contributed by atoms with E-state index in [0.717, 1.165) is 27.5 Å². The lowest BCUT2D eigenvalue weighted by Crippen LogP contribution is -2.11. The molecule has 0 saturated heterocycles. The number of rotatable bonds is 7. The summed E-state index contributed by atoms with van der Waals surface area (Å²) in [5.41, 5.74) is 2.46. The molecule has 224 valence electrons. The van der Waals surface area contributed by atoms with Gasteiger partial charge in [0.05, 0.1) is 16.1 Å². The van der Waals surface area contributed by atoms with Crippen LogP contribution in [0.3, 0.4) is 0 Å². The van der Waals surface area contributed by atoms with Gasteiger partial charge in [-0.25, -0.2) is 12.4 Å². The van der Waals surface area contributed by atoms with Gasteiger partial charge >= 0.3 is 0 Å². The number of aromatic nitrogens is 2. The van der Waals surface area contributed by atoms with Crippen LogP contribution in [-0.2, 0) is 14.8 Å². The van der Waals surface area contributed by atoms with Crippen molar-refractivity contribution in [3.63, 3.8) is 0 Å². The van der Waals surface area contributed by atoms with Crippen molar-refractivity contribution in [3.8, 4) is 0 Å². The molecule has 3 aromatic carbocycles. The lowest BCUT2D eigenvalue weighted by molar-refractivity contribution is -0.110. The van der Waals surface area contributed by atoms with Gasteiger partial charge in [0, 0.05) is 44.1 Å². The fourth-order valence-corrected chi connectivity index (χ4v) is 6.04. The Bertz CT molecular complexity index is 1720. The number of ketones is 1. The smallest absolute Gasteiger partial charge is 0.268 e. The van der Waals surface area contributed by atoms with Crippen molar-refractivity contribution in [2.75, 3.05) is 12.5 Å². The third-order valence-electron chi connectivity index (χ3n) is 6.06. The predicted molar refractivity (Wildman–Crippen MR) is 180 cm³/mol. The number of nitrogens with one attached hydrogen (secondary N) is 1. The number of benzene rings is 3. The van der Waals surface area contributed by atoms with E-state index >= 15 is 0 Å². The second kappa shape index (κ2) is 15.8. The molecule has 5 aromatic rings. The van der Waals surface area contributed by atoms with Gasteiger partial charge in [0.1, 0.15) is 6.29 Å². The van der Waals surface area contributed by atoms with Gasteiger partial charge < -0.3 is 9.78 Å². The highest BCUT2D eigenvalue weighted by atomic mass is 32.2. The Hall–Kier alpha value is -3.27. The van der Waals surface area contributed by atoms with E-state index in [9.17, 15) is 18.0 Å². The zero-order valence-corrected chi connectivity index (χ0v) is 26.6. The minimum Gasteiger partial charge on any atom is -0.352 e. The van der Waals surface area contributed by atoms with Crippen LogP contribution in [0.1, 0.15) is 45.6 Å². The van der Waals surface area contributed by atoms with Gasteiger partial charge in [-0.05, 0) is 61.0 Å². The molecular weight excluding hydrogens is 585 g/mol. The molecule has 1 N–H and O–H groups in total. The van der Waals surface area contributed by atoms with Gasteiger partial charge in [0.15, 0.2) is 5.78 Å². The standard InChI is InChI=1S/C15H13NO2S2.C13H15NOS.C4H8O.CH4/c1-19-13-8-7-12-9-10-16(15(12)11-13)20(17,18)14-5-3-2-4-6-14;1-8(2)13(15)12-6-9-4-5-10(16-3)7-11(9)14-12;1-4(2)3-5;/h2-11H,1H3;4-8,14H,1-3H3;3-4H,1-2H3;1H4. The number of H-pyrrole nitrogens is 1. The normalized spacial score (nSPS) is 11.0. The second-order valence-electron chi connectivity index (χ2n) is 9.89. The minimum absolute atomic E-state index is 0. The SMILES string of the molecule is C.CC(C)C=O.CSc1ccc2cc(C(=O)C(C)C)[nH]c2c1.CSc1ccc2ccn(S(=O)(=O)c3ccccc3)c2c1. The van der Waals surface area contributed by atoms with Crippen LogP contribution in [0.25, 0.3) is 21.8 Å². The number of Topliss-reactive ketones (excluding diaryl/α,β-unsaturated/α-hetero) is 1. The average Bonchev–Trinajstić information content (AvgIpc) is 3.61. The lowest BCUT2D eigenvalue weighted by Gasteiger charge is -2.08. The van der Waals surface area contributed by atoms with E-state index in [2.05, 4.69) is 23.2 Å². The molecule has 0 spiro atoms. The Morgan fingerprint density at radius 3 is 1.95 bits per heavy atom. The first-order valence-corrected chi connectivity index (χ1v) is 17.0. The fraction of sp³-hybridized carbons (Fsp3) is 0.273. The molecule has 0 unspecified atom stereocenters. The maximum Gasteiger partial charge on any atom is 0.268 e. The van der Waals surface area contributed by atoms with Crippen LogP contribution < -0.4 is 0 Å². The predicted octanol–water partition coefficient (Wildman–Crippen LogP) is 8.81. The highest BCUT2D eigenvalue weighted by molar-refractivity contribution is 7.98. The summed E-state index contributed by atoms with van der Waals surface area (Å²) in [5, 5.41) is 2.02. The van der Waals surface area contributed by atoms with Crippen LogP contribution in [-0.4, -0.2) is 42.0 Å². The van der Waals surface area contributed by atoms with E-state index in [1.165, 1.54) is 8.87 Å². The molecule has 42 heavy (non-hydrogen) atoms. The number of nitrogens with zero attached hydrogens (tertiary/aromatic N) is 1. The number of hydrogen-bond donors (Lipinski definition) is 1. The highest BCUT2D eigenvalue weighted by Gasteiger charge is 2.18. The van der Waals surface area contributed by atoms with Crippen molar-refractivity contribution in [2.45, 2.75) is 49.8 Å². The molecule has 2 heterocycles. The molecular formula is C33H40N2O4S3. The van der Waals surface area contributed by atoms with Gasteiger partial charge in [0.2, 0.25) is 0 Å². The maximum atomic E-state index is 12.7. The van der Waals surface area contributed by atoms with Crippen molar-refractivity contribution in [2.24, 2.45) is 11.8 Å². The molecule has 0 bridgehead atoms. The van der Waals surface area contributed by atoms with Crippen molar-refractivity contribution >= 4 is 67.4 Å². The van der Waals surface area contributed by atoms with Crippen LogP contribution in [0.2, 0.25) is 0 Å². The molecule has 0 atom stereocenters. The molecule has 5 rings (SSSR count). The van der Waals surface area contributed by atoms with E-state index in [-0.39, 0.29) is 25.0 Å². The Morgan fingerprint density at radius 1 is 0.833 bits per heavy atom. The average molecular weight is 625 g/mol. The second-order valence-corrected chi connectivity index (χ2v) is 13.5. The number of carbonyl (C=O) groups excluding carboxylic acids is 2. The van der Waals surface area contributed by atoms with Crippen LogP contribution in [0, 0.1) is 11.8 Å². The first kappa shape index (κ1) is 34.9.